The molecule has 0 aliphatic heterocycles. The molecule has 2 aromatic rings. The molecule has 3 rings (SSSR count). The van der Waals surface area contributed by atoms with Gasteiger partial charge in [-0.1, -0.05) is 23.7 Å². The molecule has 0 N–H and O–H groups in total. The van der Waals surface area contributed by atoms with E-state index >= 15 is 0 Å². The highest BCUT2D eigenvalue weighted by molar-refractivity contribution is 6.30. The van der Waals surface area contributed by atoms with Crippen molar-refractivity contribution in [2.24, 2.45) is 0 Å². The van der Waals surface area contributed by atoms with Crippen LogP contribution < -0.4 is 4.74 Å². The summed E-state index contributed by atoms with van der Waals surface area (Å²) in [6, 6.07) is 11.8. The first-order chi connectivity index (χ1) is 12.1. The van der Waals surface area contributed by atoms with Crippen LogP contribution >= 0.6 is 11.6 Å². The quantitative estimate of drug-likeness (QED) is 0.700. The molecule has 130 valence electrons. The zero-order valence-electron chi connectivity index (χ0n) is 13.9. The lowest BCUT2D eigenvalue weighted by Crippen LogP contribution is -2.31. The molecule has 0 heterocycles. The maximum Gasteiger partial charge on any atom is 0.247 e. The average Bonchev–Trinajstić information content (AvgIpc) is 3.44. The monoisotopic (exact) mass is 359 g/mol. The van der Waals surface area contributed by atoms with Gasteiger partial charge >= 0.3 is 0 Å². The second kappa shape index (κ2) is 7.70. The number of amides is 1. The molecule has 0 unspecified atom stereocenters. The highest BCUT2D eigenvalue weighted by atomic mass is 35.5. The SMILES string of the molecule is COc1ccc(Cl)cc1/C=C/C(=O)N(Cc1ccc(F)cc1)C1CC1. The second-order valence-electron chi connectivity index (χ2n) is 6.04. The van der Waals surface area contributed by atoms with Crippen molar-refractivity contribution in [2.45, 2.75) is 25.4 Å². The molecule has 0 atom stereocenters. The van der Waals surface area contributed by atoms with E-state index in [1.54, 1.807) is 43.5 Å². The molecule has 1 aliphatic rings. The van der Waals surface area contributed by atoms with E-state index < -0.39 is 0 Å². The Bertz CT molecular complexity index is 785. The number of benzene rings is 2. The van der Waals surface area contributed by atoms with Crippen molar-refractivity contribution in [1.82, 2.24) is 4.90 Å². The van der Waals surface area contributed by atoms with Gasteiger partial charge in [-0.2, -0.15) is 0 Å². The molecule has 0 bridgehead atoms. The first-order valence-corrected chi connectivity index (χ1v) is 8.51. The number of carbonyl (C=O) groups excluding carboxylic acids is 1. The highest BCUT2D eigenvalue weighted by Crippen LogP contribution is 2.29. The van der Waals surface area contributed by atoms with E-state index in [2.05, 4.69) is 0 Å². The summed E-state index contributed by atoms with van der Waals surface area (Å²) in [6.07, 6.45) is 5.26. The summed E-state index contributed by atoms with van der Waals surface area (Å²) in [7, 11) is 1.58. The van der Waals surface area contributed by atoms with Crippen LogP contribution in [0.15, 0.2) is 48.5 Å². The van der Waals surface area contributed by atoms with Crippen LogP contribution in [0.4, 0.5) is 4.39 Å². The molecule has 5 heteroatoms. The molecule has 25 heavy (non-hydrogen) atoms. The van der Waals surface area contributed by atoms with Crippen molar-refractivity contribution in [3.63, 3.8) is 0 Å². The minimum atomic E-state index is -0.277. The van der Waals surface area contributed by atoms with Gasteiger partial charge in [0.25, 0.3) is 0 Å². The molecular formula is C20H19ClFNO2. The molecule has 1 amide bonds. The predicted octanol–water partition coefficient (Wildman–Crippen LogP) is 4.69. The van der Waals surface area contributed by atoms with Crippen molar-refractivity contribution in [3.8, 4) is 5.75 Å². The van der Waals surface area contributed by atoms with Gasteiger partial charge in [0.1, 0.15) is 11.6 Å². The topological polar surface area (TPSA) is 29.5 Å². The lowest BCUT2D eigenvalue weighted by molar-refractivity contribution is -0.127. The third kappa shape index (κ3) is 4.60. The van der Waals surface area contributed by atoms with Gasteiger partial charge in [0, 0.05) is 29.2 Å². The van der Waals surface area contributed by atoms with Crippen LogP contribution in [0.5, 0.6) is 5.75 Å². The number of rotatable bonds is 6. The van der Waals surface area contributed by atoms with E-state index in [1.807, 2.05) is 4.90 Å². The molecule has 1 saturated carbocycles. The van der Waals surface area contributed by atoms with E-state index in [9.17, 15) is 9.18 Å². The normalized spacial score (nSPS) is 13.9. The van der Waals surface area contributed by atoms with Crippen LogP contribution in [-0.2, 0) is 11.3 Å². The number of halogens is 2. The van der Waals surface area contributed by atoms with E-state index in [1.165, 1.54) is 18.2 Å². The summed E-state index contributed by atoms with van der Waals surface area (Å²) in [6.45, 7) is 0.473. The Morgan fingerprint density at radius 2 is 2.00 bits per heavy atom. The summed E-state index contributed by atoms with van der Waals surface area (Å²) in [5.41, 5.74) is 1.66. The molecule has 1 fully saturated rings. The summed E-state index contributed by atoms with van der Waals surface area (Å²) in [5.74, 6) is 0.305. The largest absolute Gasteiger partial charge is 0.496 e. The molecule has 3 nitrogen and oxygen atoms in total. The van der Waals surface area contributed by atoms with Gasteiger partial charge in [-0.25, -0.2) is 4.39 Å². The Hall–Kier alpha value is -2.33. The Kier molecular flexibility index (Phi) is 5.39. The lowest BCUT2D eigenvalue weighted by atomic mass is 10.1. The third-order valence-electron chi connectivity index (χ3n) is 4.13. The second-order valence-corrected chi connectivity index (χ2v) is 6.48. The van der Waals surface area contributed by atoms with Crippen LogP contribution in [0.25, 0.3) is 6.08 Å². The minimum absolute atomic E-state index is 0.0751. The fraction of sp³-hybridized carbons (Fsp3) is 0.250. The molecule has 0 aromatic heterocycles. The van der Waals surface area contributed by atoms with E-state index in [0.717, 1.165) is 24.0 Å². The Morgan fingerprint density at radius 3 is 2.64 bits per heavy atom. The van der Waals surface area contributed by atoms with Crippen molar-refractivity contribution in [2.75, 3.05) is 7.11 Å². The van der Waals surface area contributed by atoms with Gasteiger partial charge in [-0.15, -0.1) is 0 Å². The maximum atomic E-state index is 13.1. The summed E-state index contributed by atoms with van der Waals surface area (Å²) < 4.78 is 18.3. The fourth-order valence-electron chi connectivity index (χ4n) is 2.65. The molecule has 0 spiro atoms. The predicted molar refractivity (Wildman–Crippen MR) is 97.0 cm³/mol. The van der Waals surface area contributed by atoms with Gasteiger partial charge in [-0.3, -0.25) is 4.79 Å². The fourth-order valence-corrected chi connectivity index (χ4v) is 2.83. The van der Waals surface area contributed by atoms with E-state index in [4.69, 9.17) is 16.3 Å². The highest BCUT2D eigenvalue weighted by Gasteiger charge is 2.31. The van der Waals surface area contributed by atoms with Crippen LogP contribution in [0.2, 0.25) is 5.02 Å². The molecule has 2 aromatic carbocycles. The lowest BCUT2D eigenvalue weighted by Gasteiger charge is -2.21. The third-order valence-corrected chi connectivity index (χ3v) is 4.37. The van der Waals surface area contributed by atoms with Crippen LogP contribution in [0.1, 0.15) is 24.0 Å². The van der Waals surface area contributed by atoms with Gasteiger partial charge < -0.3 is 9.64 Å². The molecular weight excluding hydrogens is 341 g/mol. The number of hydrogen-bond donors (Lipinski definition) is 0. The first kappa shape index (κ1) is 17.5. The van der Waals surface area contributed by atoms with Crippen molar-refractivity contribution < 1.29 is 13.9 Å². The van der Waals surface area contributed by atoms with Gasteiger partial charge in [0.05, 0.1) is 7.11 Å². The summed E-state index contributed by atoms with van der Waals surface area (Å²) in [4.78, 5) is 14.5. The maximum absolute atomic E-state index is 13.1. The molecule has 1 aliphatic carbocycles. The van der Waals surface area contributed by atoms with E-state index in [-0.39, 0.29) is 17.8 Å². The number of hydrogen-bond acceptors (Lipinski definition) is 2. The Balaban J connectivity index is 1.75. The van der Waals surface area contributed by atoms with Crippen molar-refractivity contribution >= 4 is 23.6 Å². The number of ether oxygens (including phenoxy) is 1. The van der Waals surface area contributed by atoms with Crippen LogP contribution in [-0.4, -0.2) is 24.0 Å². The molecule has 0 radical (unpaired) electrons. The van der Waals surface area contributed by atoms with E-state index in [0.29, 0.717) is 17.3 Å². The number of carbonyl (C=O) groups is 1. The first-order valence-electron chi connectivity index (χ1n) is 8.13. The average molecular weight is 360 g/mol. The zero-order valence-corrected chi connectivity index (χ0v) is 14.7. The van der Waals surface area contributed by atoms with Gasteiger partial charge in [0.15, 0.2) is 0 Å². The zero-order chi connectivity index (χ0) is 17.8. The van der Waals surface area contributed by atoms with Gasteiger partial charge in [0.2, 0.25) is 5.91 Å². The Morgan fingerprint density at radius 1 is 1.28 bits per heavy atom. The smallest absolute Gasteiger partial charge is 0.247 e. The van der Waals surface area contributed by atoms with Crippen LogP contribution in [0, 0.1) is 5.82 Å². The Labute approximate surface area is 151 Å². The minimum Gasteiger partial charge on any atom is -0.496 e. The van der Waals surface area contributed by atoms with Crippen molar-refractivity contribution in [1.29, 1.82) is 0 Å². The summed E-state index contributed by atoms with van der Waals surface area (Å²) >= 11 is 6.02. The van der Waals surface area contributed by atoms with Crippen molar-refractivity contribution in [3.05, 3.63) is 70.5 Å². The molecule has 0 saturated heterocycles. The van der Waals surface area contributed by atoms with Gasteiger partial charge in [-0.05, 0) is 54.8 Å². The number of nitrogens with zero attached hydrogens (tertiary/aromatic N) is 1. The van der Waals surface area contributed by atoms with Crippen LogP contribution in [0.3, 0.4) is 0 Å². The standard InChI is InChI=1S/C20H19ClFNO2/c1-25-19-10-5-16(21)12-15(19)4-11-20(24)23(18-8-9-18)13-14-2-6-17(22)7-3-14/h2-7,10-12,18H,8-9,13H2,1H3/b11-4+. The number of methoxy groups -OCH3 is 1. The summed E-state index contributed by atoms with van der Waals surface area (Å²) in [5, 5.41) is 0.582.